The molecular weight excluding hydrogens is 224 g/mol. The van der Waals surface area contributed by atoms with Crippen molar-refractivity contribution in [3.63, 3.8) is 0 Å². The monoisotopic (exact) mass is 248 g/mol. The molecule has 3 nitrogen and oxygen atoms in total. The van der Waals surface area contributed by atoms with Gasteiger partial charge in [-0.15, -0.1) is 0 Å². The van der Waals surface area contributed by atoms with Gasteiger partial charge in [-0.2, -0.15) is 0 Å². The third-order valence-corrected chi connectivity index (χ3v) is 2.99. The van der Waals surface area contributed by atoms with E-state index in [0.717, 1.165) is 36.8 Å². The Bertz CT molecular complexity index is 377. The summed E-state index contributed by atoms with van der Waals surface area (Å²) in [5.41, 5.74) is 7.36. The van der Waals surface area contributed by atoms with Crippen molar-refractivity contribution in [3.8, 4) is 0 Å². The molecule has 0 spiro atoms. The number of benzene rings is 1. The molecule has 1 amide bonds. The van der Waals surface area contributed by atoms with Crippen LogP contribution in [0.5, 0.6) is 0 Å². The second-order valence-electron chi connectivity index (χ2n) is 4.76. The molecule has 3 heteroatoms. The van der Waals surface area contributed by atoms with Gasteiger partial charge in [0.25, 0.3) is 5.91 Å². The van der Waals surface area contributed by atoms with Gasteiger partial charge in [0.2, 0.25) is 0 Å². The average molecular weight is 248 g/mol. The molecule has 0 radical (unpaired) electrons. The second kappa shape index (κ2) is 7.88. The van der Waals surface area contributed by atoms with Gasteiger partial charge in [-0.05, 0) is 44.0 Å². The molecule has 0 heterocycles. The molecule has 0 fully saturated rings. The highest BCUT2D eigenvalue weighted by molar-refractivity contribution is 5.94. The van der Waals surface area contributed by atoms with Crippen LogP contribution >= 0.6 is 0 Å². The van der Waals surface area contributed by atoms with E-state index in [1.165, 1.54) is 0 Å². The predicted octanol–water partition coefficient (Wildman–Crippen LogP) is 2.50. The third kappa shape index (κ3) is 4.88. The maximum absolute atomic E-state index is 12.0. The zero-order valence-electron chi connectivity index (χ0n) is 11.4. The van der Waals surface area contributed by atoms with E-state index in [9.17, 15) is 4.79 Å². The van der Waals surface area contributed by atoms with Gasteiger partial charge in [-0.25, -0.2) is 0 Å². The summed E-state index contributed by atoms with van der Waals surface area (Å²) in [4.78, 5) is 12.0. The van der Waals surface area contributed by atoms with E-state index in [1.54, 1.807) is 0 Å². The van der Waals surface area contributed by atoms with E-state index in [1.807, 2.05) is 24.3 Å². The molecule has 100 valence electrons. The highest BCUT2D eigenvalue weighted by atomic mass is 16.1. The standard InChI is InChI=1S/C15H24N2O/c1-3-4-6-12(2)17-15(18)14-8-5-7-13(11-14)9-10-16/h5,7-8,11-12H,3-4,6,9-10,16H2,1-2H3,(H,17,18). The smallest absolute Gasteiger partial charge is 0.251 e. The quantitative estimate of drug-likeness (QED) is 0.779. The Labute approximate surface area is 110 Å². The largest absolute Gasteiger partial charge is 0.350 e. The number of hydrogen-bond donors (Lipinski definition) is 2. The number of carbonyl (C=O) groups is 1. The molecule has 1 atom stereocenters. The van der Waals surface area contributed by atoms with Crippen molar-refractivity contribution < 1.29 is 4.79 Å². The van der Waals surface area contributed by atoms with Crippen molar-refractivity contribution in [1.29, 1.82) is 0 Å². The SMILES string of the molecule is CCCCC(C)NC(=O)c1cccc(CCN)c1. The van der Waals surface area contributed by atoms with Gasteiger partial charge in [-0.1, -0.05) is 31.9 Å². The minimum atomic E-state index is 0.0116. The number of amides is 1. The Morgan fingerprint density at radius 2 is 2.22 bits per heavy atom. The fourth-order valence-corrected chi connectivity index (χ4v) is 1.92. The maximum atomic E-state index is 12.0. The van der Waals surface area contributed by atoms with Crippen LogP contribution in [-0.4, -0.2) is 18.5 Å². The van der Waals surface area contributed by atoms with Crippen LogP contribution < -0.4 is 11.1 Å². The first kappa shape index (κ1) is 14.7. The minimum Gasteiger partial charge on any atom is -0.350 e. The first-order valence-corrected chi connectivity index (χ1v) is 6.77. The molecule has 1 aromatic carbocycles. The Balaban J connectivity index is 2.57. The van der Waals surface area contributed by atoms with E-state index < -0.39 is 0 Å². The lowest BCUT2D eigenvalue weighted by Crippen LogP contribution is -2.32. The highest BCUT2D eigenvalue weighted by Crippen LogP contribution is 2.07. The summed E-state index contributed by atoms with van der Waals surface area (Å²) in [6.07, 6.45) is 4.15. The lowest BCUT2D eigenvalue weighted by Gasteiger charge is -2.13. The normalized spacial score (nSPS) is 12.2. The van der Waals surface area contributed by atoms with Crippen LogP contribution in [0, 0.1) is 0 Å². The van der Waals surface area contributed by atoms with E-state index in [-0.39, 0.29) is 11.9 Å². The molecule has 0 aliphatic rings. The minimum absolute atomic E-state index is 0.0116. The van der Waals surface area contributed by atoms with Crippen molar-refractivity contribution in [2.24, 2.45) is 5.73 Å². The summed E-state index contributed by atoms with van der Waals surface area (Å²) in [5, 5.41) is 3.03. The van der Waals surface area contributed by atoms with Gasteiger partial charge in [0.15, 0.2) is 0 Å². The topological polar surface area (TPSA) is 55.1 Å². The summed E-state index contributed by atoms with van der Waals surface area (Å²) in [7, 11) is 0. The molecule has 1 aromatic rings. The Morgan fingerprint density at radius 1 is 1.44 bits per heavy atom. The van der Waals surface area contributed by atoms with Crippen molar-refractivity contribution in [1.82, 2.24) is 5.32 Å². The summed E-state index contributed by atoms with van der Waals surface area (Å²) in [6.45, 7) is 4.82. The van der Waals surface area contributed by atoms with Crippen molar-refractivity contribution in [2.45, 2.75) is 45.6 Å². The zero-order chi connectivity index (χ0) is 13.4. The number of rotatable bonds is 7. The van der Waals surface area contributed by atoms with E-state index in [0.29, 0.717) is 6.54 Å². The highest BCUT2D eigenvalue weighted by Gasteiger charge is 2.09. The van der Waals surface area contributed by atoms with Gasteiger partial charge in [0.05, 0.1) is 0 Å². The van der Waals surface area contributed by atoms with Crippen LogP contribution in [0.15, 0.2) is 24.3 Å². The number of nitrogens with one attached hydrogen (secondary N) is 1. The predicted molar refractivity (Wildman–Crippen MR) is 75.7 cm³/mol. The van der Waals surface area contributed by atoms with Gasteiger partial charge in [-0.3, -0.25) is 4.79 Å². The zero-order valence-corrected chi connectivity index (χ0v) is 11.4. The first-order chi connectivity index (χ1) is 8.67. The third-order valence-electron chi connectivity index (χ3n) is 2.99. The van der Waals surface area contributed by atoms with Gasteiger partial charge < -0.3 is 11.1 Å². The fourth-order valence-electron chi connectivity index (χ4n) is 1.92. The maximum Gasteiger partial charge on any atom is 0.251 e. The van der Waals surface area contributed by atoms with Crippen molar-refractivity contribution in [3.05, 3.63) is 35.4 Å². The second-order valence-corrected chi connectivity index (χ2v) is 4.76. The summed E-state index contributed by atoms with van der Waals surface area (Å²) in [6, 6.07) is 7.92. The molecule has 3 N–H and O–H groups in total. The van der Waals surface area contributed by atoms with Gasteiger partial charge in [0.1, 0.15) is 0 Å². The molecule has 1 rings (SSSR count). The molecule has 0 saturated carbocycles. The summed E-state index contributed by atoms with van der Waals surface area (Å²) in [5.74, 6) is 0.0116. The van der Waals surface area contributed by atoms with E-state index >= 15 is 0 Å². The Morgan fingerprint density at radius 3 is 2.89 bits per heavy atom. The number of carbonyl (C=O) groups excluding carboxylic acids is 1. The van der Waals surface area contributed by atoms with Crippen molar-refractivity contribution in [2.75, 3.05) is 6.54 Å². The van der Waals surface area contributed by atoms with Crippen molar-refractivity contribution >= 4 is 5.91 Å². The Hall–Kier alpha value is -1.35. The van der Waals surface area contributed by atoms with E-state index in [4.69, 9.17) is 5.73 Å². The summed E-state index contributed by atoms with van der Waals surface area (Å²) >= 11 is 0. The number of hydrogen-bond acceptors (Lipinski definition) is 2. The van der Waals surface area contributed by atoms with Crippen LogP contribution in [0.25, 0.3) is 0 Å². The molecule has 0 saturated heterocycles. The molecule has 18 heavy (non-hydrogen) atoms. The molecular formula is C15H24N2O. The summed E-state index contributed by atoms with van der Waals surface area (Å²) < 4.78 is 0. The lowest BCUT2D eigenvalue weighted by atomic mass is 10.1. The van der Waals surface area contributed by atoms with Gasteiger partial charge in [0, 0.05) is 11.6 Å². The molecule has 0 bridgehead atoms. The Kier molecular flexibility index (Phi) is 6.44. The molecule has 0 aromatic heterocycles. The molecule has 1 unspecified atom stereocenters. The average Bonchev–Trinajstić information content (AvgIpc) is 2.37. The molecule has 0 aliphatic carbocycles. The van der Waals surface area contributed by atoms with Crippen LogP contribution in [0.2, 0.25) is 0 Å². The number of unbranched alkanes of at least 4 members (excludes halogenated alkanes) is 1. The molecule has 0 aliphatic heterocycles. The van der Waals surface area contributed by atoms with Crippen LogP contribution in [-0.2, 0) is 6.42 Å². The van der Waals surface area contributed by atoms with Gasteiger partial charge >= 0.3 is 0 Å². The van der Waals surface area contributed by atoms with Crippen LogP contribution in [0.3, 0.4) is 0 Å². The van der Waals surface area contributed by atoms with Crippen LogP contribution in [0.4, 0.5) is 0 Å². The number of nitrogens with two attached hydrogens (primary N) is 1. The van der Waals surface area contributed by atoms with Crippen LogP contribution in [0.1, 0.15) is 49.0 Å². The lowest BCUT2D eigenvalue weighted by molar-refractivity contribution is 0.0938. The fraction of sp³-hybridized carbons (Fsp3) is 0.533. The van der Waals surface area contributed by atoms with E-state index in [2.05, 4.69) is 19.2 Å². The first-order valence-electron chi connectivity index (χ1n) is 6.77.